The van der Waals surface area contributed by atoms with Gasteiger partial charge in [-0.05, 0) is 24.6 Å². The molecular weight excluding hydrogens is 398 g/mol. The highest BCUT2D eigenvalue weighted by Crippen LogP contribution is 2.29. The van der Waals surface area contributed by atoms with Gasteiger partial charge in [0.15, 0.2) is 0 Å². The Morgan fingerprint density at radius 1 is 1.03 bits per heavy atom. The quantitative estimate of drug-likeness (QED) is 0.562. The molecule has 1 N–H and O–H groups in total. The van der Waals surface area contributed by atoms with Crippen LogP contribution in [0.2, 0.25) is 0 Å². The Morgan fingerprint density at radius 3 is 2.41 bits per heavy atom. The van der Waals surface area contributed by atoms with E-state index in [4.69, 9.17) is 4.98 Å². The van der Waals surface area contributed by atoms with Crippen LogP contribution < -0.4 is 5.32 Å². The van der Waals surface area contributed by atoms with Crippen molar-refractivity contribution in [2.24, 2.45) is 0 Å². The zero-order chi connectivity index (χ0) is 22.3. The molecule has 0 spiro atoms. The summed E-state index contributed by atoms with van der Waals surface area (Å²) in [6.45, 7) is 2.94. The number of aromatic nitrogens is 2. The van der Waals surface area contributed by atoms with E-state index >= 15 is 0 Å². The van der Waals surface area contributed by atoms with Crippen LogP contribution in [0.1, 0.15) is 35.0 Å². The number of amides is 1. The van der Waals surface area contributed by atoms with Gasteiger partial charge in [-0.2, -0.15) is 0 Å². The molecule has 1 aliphatic heterocycles. The smallest absolute Gasteiger partial charge is 0.223 e. The lowest BCUT2D eigenvalue weighted by Crippen LogP contribution is -2.24. The molecule has 1 aromatic heterocycles. The summed E-state index contributed by atoms with van der Waals surface area (Å²) >= 11 is 0. The van der Waals surface area contributed by atoms with Crippen LogP contribution in [0.3, 0.4) is 0 Å². The summed E-state index contributed by atoms with van der Waals surface area (Å²) in [7, 11) is 3.97. The molecule has 1 unspecified atom stereocenters. The van der Waals surface area contributed by atoms with E-state index in [1.807, 2.05) is 42.3 Å². The first-order valence-electron chi connectivity index (χ1n) is 11.2. The molecule has 1 atom stereocenters. The van der Waals surface area contributed by atoms with E-state index in [2.05, 4.69) is 58.6 Å². The third kappa shape index (κ3) is 5.71. The van der Waals surface area contributed by atoms with Crippen LogP contribution >= 0.6 is 0 Å². The first kappa shape index (κ1) is 22.0. The number of anilines is 1. The van der Waals surface area contributed by atoms with E-state index in [1.54, 1.807) is 0 Å². The lowest BCUT2D eigenvalue weighted by Gasteiger charge is -2.19. The number of rotatable bonds is 9. The highest BCUT2D eigenvalue weighted by molar-refractivity contribution is 5.79. The van der Waals surface area contributed by atoms with Crippen molar-refractivity contribution in [1.82, 2.24) is 19.8 Å². The molecule has 2 heterocycles. The Labute approximate surface area is 190 Å². The number of hydrogen-bond acceptors (Lipinski definition) is 5. The third-order valence-corrected chi connectivity index (χ3v) is 5.93. The number of likely N-dealkylation sites (N-methyl/N-ethyl adjacent to an activating group) is 1. The van der Waals surface area contributed by atoms with Gasteiger partial charge in [0.05, 0.1) is 12.2 Å². The van der Waals surface area contributed by atoms with E-state index in [9.17, 15) is 4.79 Å². The molecular formula is C26H31N5O. The number of likely N-dealkylation sites (tertiary alicyclic amines) is 1. The second kappa shape index (κ2) is 10.4. The van der Waals surface area contributed by atoms with Gasteiger partial charge < -0.3 is 10.2 Å². The van der Waals surface area contributed by atoms with Crippen molar-refractivity contribution in [3.8, 4) is 0 Å². The summed E-state index contributed by atoms with van der Waals surface area (Å²) in [5, 5.41) is 3.16. The molecule has 2 aromatic carbocycles. The monoisotopic (exact) mass is 429 g/mol. The summed E-state index contributed by atoms with van der Waals surface area (Å²) in [6, 6.07) is 22.6. The van der Waals surface area contributed by atoms with Gasteiger partial charge in [-0.25, -0.2) is 9.97 Å². The summed E-state index contributed by atoms with van der Waals surface area (Å²) in [5.74, 6) is 1.87. The number of nitrogens with zero attached hydrogens (tertiary/aromatic N) is 4. The maximum absolute atomic E-state index is 12.7. The van der Waals surface area contributed by atoms with E-state index in [0.717, 1.165) is 35.9 Å². The number of nitrogens with one attached hydrogen (secondary N) is 1. The molecule has 6 heteroatoms. The molecule has 1 fully saturated rings. The Hall–Kier alpha value is -3.25. The standard InChI is InChI=1S/C26H31N5O/c1-27-24-16-23(22-15-26(32)31(18-22)17-21-11-7-4-8-12-21)28-25(29-24)19-30(2)14-13-20-9-5-3-6-10-20/h3-12,16,22H,13-15,17-19H2,1-2H3,(H,27,28,29). The molecule has 0 saturated carbocycles. The van der Waals surface area contributed by atoms with Gasteiger partial charge in [0.2, 0.25) is 5.91 Å². The second-order valence-corrected chi connectivity index (χ2v) is 8.48. The van der Waals surface area contributed by atoms with Crippen LogP contribution in [-0.4, -0.2) is 52.9 Å². The molecule has 1 amide bonds. The summed E-state index contributed by atoms with van der Waals surface area (Å²) in [5.41, 5.74) is 3.42. The Bertz CT molecular complexity index is 1020. The lowest BCUT2D eigenvalue weighted by atomic mass is 10.0. The Kier molecular flexibility index (Phi) is 7.12. The fourth-order valence-electron chi connectivity index (χ4n) is 4.14. The zero-order valence-corrected chi connectivity index (χ0v) is 18.9. The van der Waals surface area contributed by atoms with Gasteiger partial charge >= 0.3 is 0 Å². The maximum atomic E-state index is 12.7. The van der Waals surface area contributed by atoms with E-state index in [-0.39, 0.29) is 11.8 Å². The van der Waals surface area contributed by atoms with Gasteiger partial charge in [0.1, 0.15) is 11.6 Å². The zero-order valence-electron chi connectivity index (χ0n) is 18.9. The Morgan fingerprint density at radius 2 is 1.72 bits per heavy atom. The maximum Gasteiger partial charge on any atom is 0.223 e. The molecule has 3 aromatic rings. The van der Waals surface area contributed by atoms with Crippen molar-refractivity contribution in [1.29, 1.82) is 0 Å². The van der Waals surface area contributed by atoms with Crippen LogP contribution in [0.25, 0.3) is 0 Å². The van der Waals surface area contributed by atoms with Gasteiger partial charge in [-0.1, -0.05) is 60.7 Å². The summed E-state index contributed by atoms with van der Waals surface area (Å²) in [6.07, 6.45) is 1.48. The van der Waals surface area contributed by atoms with E-state index < -0.39 is 0 Å². The minimum atomic E-state index is 0.0923. The van der Waals surface area contributed by atoms with Crippen LogP contribution in [0, 0.1) is 0 Å². The van der Waals surface area contributed by atoms with Crippen molar-refractivity contribution in [3.63, 3.8) is 0 Å². The predicted molar refractivity (Wildman–Crippen MR) is 127 cm³/mol. The van der Waals surface area contributed by atoms with Crippen LogP contribution in [0.15, 0.2) is 66.7 Å². The third-order valence-electron chi connectivity index (χ3n) is 5.93. The van der Waals surface area contributed by atoms with Crippen LogP contribution in [0.4, 0.5) is 5.82 Å². The fraction of sp³-hybridized carbons (Fsp3) is 0.346. The lowest BCUT2D eigenvalue weighted by molar-refractivity contribution is -0.128. The van der Waals surface area contributed by atoms with Gasteiger partial charge in [0.25, 0.3) is 0 Å². The first-order valence-corrected chi connectivity index (χ1v) is 11.2. The first-order chi connectivity index (χ1) is 15.6. The summed E-state index contributed by atoms with van der Waals surface area (Å²) in [4.78, 5) is 26.4. The normalized spacial score (nSPS) is 16.0. The van der Waals surface area contributed by atoms with Crippen molar-refractivity contribution in [2.75, 3.05) is 32.5 Å². The molecule has 1 saturated heterocycles. The SMILES string of the molecule is CNc1cc(C2CC(=O)N(Cc3ccccc3)C2)nc(CN(C)CCc2ccccc2)n1. The largest absolute Gasteiger partial charge is 0.373 e. The van der Waals surface area contributed by atoms with Crippen molar-refractivity contribution in [2.45, 2.75) is 31.8 Å². The molecule has 0 bridgehead atoms. The van der Waals surface area contributed by atoms with Gasteiger partial charge in [-0.15, -0.1) is 0 Å². The summed E-state index contributed by atoms with van der Waals surface area (Å²) < 4.78 is 0. The minimum Gasteiger partial charge on any atom is -0.373 e. The van der Waals surface area contributed by atoms with E-state index in [1.165, 1.54) is 5.56 Å². The van der Waals surface area contributed by atoms with Gasteiger partial charge in [0, 0.05) is 45.1 Å². The highest BCUT2D eigenvalue weighted by Gasteiger charge is 2.32. The number of benzene rings is 2. The molecule has 32 heavy (non-hydrogen) atoms. The fourth-order valence-corrected chi connectivity index (χ4v) is 4.14. The highest BCUT2D eigenvalue weighted by atomic mass is 16.2. The predicted octanol–water partition coefficient (Wildman–Crippen LogP) is 3.71. The van der Waals surface area contributed by atoms with Crippen molar-refractivity contribution < 1.29 is 4.79 Å². The number of carbonyl (C=O) groups excluding carboxylic acids is 1. The molecule has 4 rings (SSSR count). The molecule has 0 radical (unpaired) electrons. The van der Waals surface area contributed by atoms with Crippen molar-refractivity contribution in [3.05, 3.63) is 89.4 Å². The van der Waals surface area contributed by atoms with E-state index in [0.29, 0.717) is 26.1 Å². The number of hydrogen-bond donors (Lipinski definition) is 1. The Balaban J connectivity index is 1.42. The average molecular weight is 430 g/mol. The molecule has 6 nitrogen and oxygen atoms in total. The van der Waals surface area contributed by atoms with Gasteiger partial charge in [-0.3, -0.25) is 9.69 Å². The minimum absolute atomic E-state index is 0.0923. The van der Waals surface area contributed by atoms with Crippen molar-refractivity contribution >= 4 is 11.7 Å². The second-order valence-electron chi connectivity index (χ2n) is 8.48. The molecule has 0 aliphatic carbocycles. The average Bonchev–Trinajstić information content (AvgIpc) is 3.19. The molecule has 1 aliphatic rings. The molecule has 166 valence electrons. The number of carbonyl (C=O) groups is 1. The van der Waals surface area contributed by atoms with Crippen LogP contribution in [0.5, 0.6) is 0 Å². The van der Waals surface area contributed by atoms with Crippen LogP contribution in [-0.2, 0) is 24.3 Å². The topological polar surface area (TPSA) is 61.4 Å².